The number of nitro groups is 2. The van der Waals surface area contributed by atoms with Crippen LogP contribution in [0, 0.1) is 103 Å². The number of benzene rings is 2. The zero-order valence-corrected chi connectivity index (χ0v) is 36.2. The van der Waals surface area contributed by atoms with E-state index >= 15 is 0 Å². The molecule has 6 rings (SSSR count). The van der Waals surface area contributed by atoms with Gasteiger partial charge in [0.2, 0.25) is 5.78 Å². The molecule has 0 aliphatic carbocycles. The number of carbonyl (C=O) groups is 2. The minimum atomic E-state index is -0.345. The molecule has 4 aromatic heterocycles. The van der Waals surface area contributed by atoms with Gasteiger partial charge in [-0.3, -0.25) is 38.6 Å². The minimum absolute atomic E-state index is 0.0830. The van der Waals surface area contributed by atoms with E-state index in [0.717, 1.165) is 48.4 Å². The number of rotatable bonds is 8. The van der Waals surface area contributed by atoms with Crippen molar-refractivity contribution in [3.63, 3.8) is 0 Å². The highest BCUT2D eigenvalue weighted by molar-refractivity contribution is 7.17. The molecule has 4 heterocycles. The van der Waals surface area contributed by atoms with Crippen LogP contribution in [0.1, 0.15) is 93.6 Å². The number of fused-ring (bicyclic) bond motifs is 2. The Morgan fingerprint density at radius 3 is 1.34 bits per heavy atom. The number of nitrogens with zero attached hydrogens (tertiary/aromatic N) is 7. The van der Waals surface area contributed by atoms with Gasteiger partial charge in [-0.05, 0) is 105 Å². The third kappa shape index (κ3) is 6.72. The minimum Gasteiger partial charge on any atom is -0.383 e. The van der Waals surface area contributed by atoms with Crippen molar-refractivity contribution in [3.05, 3.63) is 110 Å². The van der Waals surface area contributed by atoms with Crippen molar-refractivity contribution in [2.75, 3.05) is 14.1 Å². The van der Waals surface area contributed by atoms with Gasteiger partial charge in [-0.2, -0.15) is 0 Å². The first-order valence-electron chi connectivity index (χ1n) is 17.9. The number of ketones is 2. The molecule has 0 aliphatic heterocycles. The van der Waals surface area contributed by atoms with Crippen molar-refractivity contribution in [1.29, 1.82) is 0 Å². The van der Waals surface area contributed by atoms with Crippen molar-refractivity contribution in [1.82, 2.24) is 23.7 Å². The lowest BCUT2D eigenvalue weighted by Crippen LogP contribution is -2.09. The quantitative estimate of drug-likeness (QED) is 0.0632. The highest BCUT2D eigenvalue weighted by atomic mass is 32.1. The molecule has 0 atom stereocenters. The van der Waals surface area contributed by atoms with E-state index < -0.39 is 0 Å². The van der Waals surface area contributed by atoms with E-state index in [4.69, 9.17) is 9.97 Å². The van der Waals surface area contributed by atoms with Crippen molar-refractivity contribution in [2.24, 2.45) is 0 Å². The van der Waals surface area contributed by atoms with Gasteiger partial charge in [0.1, 0.15) is 22.8 Å². The van der Waals surface area contributed by atoms with Crippen LogP contribution in [0.2, 0.25) is 0 Å². The van der Waals surface area contributed by atoms with E-state index in [2.05, 4.69) is 0 Å². The maximum Gasteiger partial charge on any atom is 0.276 e. The Hall–Kier alpha value is -5.54. The Balaban J connectivity index is 0.000000216. The first-order valence-corrected chi connectivity index (χ1v) is 19.5. The highest BCUT2D eigenvalue weighted by Gasteiger charge is 2.31. The average Bonchev–Trinajstić information content (AvgIpc) is 3.81. The molecule has 0 spiro atoms. The molecular weight excluding hydrogens is 751 g/mol. The Morgan fingerprint density at radius 2 is 0.982 bits per heavy atom. The number of hydrogen-bond donors (Lipinski definition) is 0. The highest BCUT2D eigenvalue weighted by Crippen LogP contribution is 2.42. The zero-order valence-electron chi connectivity index (χ0n) is 34.6. The summed E-state index contributed by atoms with van der Waals surface area (Å²) in [4.78, 5) is 63.4. The van der Waals surface area contributed by atoms with Crippen molar-refractivity contribution in [3.8, 4) is 22.5 Å². The molecule has 0 unspecified atom stereocenters. The van der Waals surface area contributed by atoms with Crippen LogP contribution in [0.5, 0.6) is 0 Å². The second kappa shape index (κ2) is 15.2. The predicted molar refractivity (Wildman–Crippen MR) is 224 cm³/mol. The van der Waals surface area contributed by atoms with E-state index in [1.54, 1.807) is 38.8 Å². The van der Waals surface area contributed by atoms with Gasteiger partial charge in [-0.25, -0.2) is 9.97 Å². The molecule has 0 amide bonds. The summed E-state index contributed by atoms with van der Waals surface area (Å²) in [6.07, 6.45) is 3.21. The first-order chi connectivity index (χ1) is 26.0. The Morgan fingerprint density at radius 1 is 0.607 bits per heavy atom. The number of thiazole rings is 2. The van der Waals surface area contributed by atoms with Crippen molar-refractivity contribution in [2.45, 2.75) is 90.0 Å². The van der Waals surface area contributed by atoms with E-state index in [-0.39, 0.29) is 32.8 Å². The Bertz CT molecular complexity index is 2710. The predicted octanol–water partition coefficient (Wildman–Crippen LogP) is 10.1. The number of nitro benzene ring substituents is 2. The maximum absolute atomic E-state index is 13.3. The average molecular weight is 798 g/mol. The number of imidazole rings is 2. The fraction of sp³-hybridized carbons (Fsp3) is 0.366. The van der Waals surface area contributed by atoms with E-state index in [1.165, 1.54) is 35.7 Å². The summed E-state index contributed by atoms with van der Waals surface area (Å²) in [5, 5.41) is 23.4. The summed E-state index contributed by atoms with van der Waals surface area (Å²) in [6, 6.07) is 0. The normalized spacial score (nSPS) is 11.5. The molecule has 294 valence electrons. The molecule has 0 aliphatic rings. The van der Waals surface area contributed by atoms with Crippen LogP contribution >= 0.6 is 22.7 Å². The van der Waals surface area contributed by atoms with Gasteiger partial charge in [-0.1, -0.05) is 0 Å². The fourth-order valence-corrected chi connectivity index (χ4v) is 9.34. The summed E-state index contributed by atoms with van der Waals surface area (Å²) in [5.41, 5.74) is 11.3. The Kier molecular flexibility index (Phi) is 11.3. The molecule has 0 radical (unpaired) electrons. The smallest absolute Gasteiger partial charge is 0.276 e. The second-order valence-corrected chi connectivity index (χ2v) is 16.9. The molecule has 0 saturated heterocycles. The lowest BCUT2D eigenvalue weighted by atomic mass is 9.89. The van der Waals surface area contributed by atoms with Crippen molar-refractivity contribution < 1.29 is 19.4 Å². The van der Waals surface area contributed by atoms with E-state index in [0.29, 0.717) is 61.1 Å². The lowest BCUT2D eigenvalue weighted by Gasteiger charge is -2.15. The maximum atomic E-state index is 13.3. The molecule has 15 heteroatoms. The fourth-order valence-electron chi connectivity index (χ4n) is 7.40. The molecule has 2 aromatic carbocycles. The number of Topliss-reactive ketones (excluding diaryl/α,β-unsaturated/α-hetero) is 1. The third-order valence-corrected chi connectivity index (χ3v) is 13.1. The van der Waals surface area contributed by atoms with Gasteiger partial charge >= 0.3 is 0 Å². The lowest BCUT2D eigenvalue weighted by molar-refractivity contribution is -0.386. The number of hydrogen-bond acceptors (Lipinski definition) is 11. The molecule has 0 bridgehead atoms. The third-order valence-electron chi connectivity index (χ3n) is 11.0. The molecular formula is C41H47N7O6S2. The largest absolute Gasteiger partial charge is 0.383 e. The number of aromatic nitrogens is 4. The summed E-state index contributed by atoms with van der Waals surface area (Å²) >= 11 is 3.03. The van der Waals surface area contributed by atoms with Crippen LogP contribution in [0.15, 0.2) is 12.3 Å². The Labute approximate surface area is 333 Å². The van der Waals surface area contributed by atoms with E-state index in [9.17, 15) is 29.8 Å². The molecule has 6 aromatic rings. The van der Waals surface area contributed by atoms with Crippen LogP contribution in [-0.4, -0.2) is 59.2 Å². The van der Waals surface area contributed by atoms with Gasteiger partial charge in [0, 0.05) is 87.8 Å². The number of carbonyl (C=O) groups excluding carboxylic acids is 2. The van der Waals surface area contributed by atoms with Gasteiger partial charge in [0.05, 0.1) is 9.85 Å². The SMILES string of the molecule is CC(=O)c1c(-c2c(C)c(C)c(C)c([N+](=O)[O-])c2C)nc2sc(C)c(C)n12.Cc1sc2nc(-c3c(C)c(C)c(C)c([N+](=O)[O-])c3C)c(C(=O)/C=C/N(C)C)n2c1C. The van der Waals surface area contributed by atoms with Crippen LogP contribution in [0.25, 0.3) is 32.4 Å². The molecule has 56 heavy (non-hydrogen) atoms. The monoisotopic (exact) mass is 797 g/mol. The molecule has 0 fully saturated rings. The van der Waals surface area contributed by atoms with Crippen LogP contribution in [0.3, 0.4) is 0 Å². The van der Waals surface area contributed by atoms with Crippen molar-refractivity contribution >= 4 is 55.5 Å². The zero-order chi connectivity index (χ0) is 42.0. The molecule has 0 N–H and O–H groups in total. The van der Waals surface area contributed by atoms with Crippen LogP contribution in [-0.2, 0) is 0 Å². The van der Waals surface area contributed by atoms with Gasteiger partial charge in [0.15, 0.2) is 15.7 Å². The standard InChI is InChI=1S/C22H26N4O3S.C19H21N3O3S/c1-11-12(2)18(14(4)20(13(11)3)26(28)29)19-21(17(27)9-10-24(7)8)25-15(5)16(6)30-22(25)23-19;1-8-9(2)15(11(4)17(10(8)3)22(24)25)16-18(13(6)23)21-12(5)14(7)26-19(21)20-16/h9-10H,1-8H3;1-7H3/b10-9+;. The van der Waals surface area contributed by atoms with Crippen LogP contribution < -0.4 is 0 Å². The first kappa shape index (κ1) is 41.6. The molecule has 13 nitrogen and oxygen atoms in total. The number of allylic oxidation sites excluding steroid dienone is 1. The van der Waals surface area contributed by atoms with Crippen LogP contribution in [0.4, 0.5) is 11.4 Å². The summed E-state index contributed by atoms with van der Waals surface area (Å²) in [7, 11) is 3.69. The van der Waals surface area contributed by atoms with Gasteiger partial charge in [-0.15, -0.1) is 22.7 Å². The molecule has 0 saturated carbocycles. The van der Waals surface area contributed by atoms with Gasteiger partial charge in [0.25, 0.3) is 11.4 Å². The van der Waals surface area contributed by atoms with E-state index in [1.807, 2.05) is 78.3 Å². The topological polar surface area (TPSA) is 158 Å². The summed E-state index contributed by atoms with van der Waals surface area (Å²) in [6.45, 7) is 24.1. The summed E-state index contributed by atoms with van der Waals surface area (Å²) in [5.74, 6) is -0.292. The summed E-state index contributed by atoms with van der Waals surface area (Å²) < 4.78 is 3.75. The van der Waals surface area contributed by atoms with Gasteiger partial charge < -0.3 is 4.90 Å². The second-order valence-electron chi connectivity index (χ2n) is 14.5. The number of aryl methyl sites for hydroxylation is 4.